The molecule has 0 radical (unpaired) electrons. The molecule has 2 aliphatic rings. The number of aromatic nitrogens is 2. The molecule has 1 saturated carbocycles. The smallest absolute Gasteiger partial charge is 0.277 e. The SMILES string of the molecule is COc1ccc(N(C(=O)c2cc(-c3ccccc3)nc(N3CCCC3)n2)[C@@H](C(=O)NC2CCCCC2)C(C)C)cc1. The number of hydrogen-bond acceptors (Lipinski definition) is 6. The molecule has 1 atom stereocenters. The first-order chi connectivity index (χ1) is 19.9. The Morgan fingerprint density at radius 1 is 0.927 bits per heavy atom. The molecule has 5 rings (SSSR count). The molecule has 0 unspecified atom stereocenters. The topological polar surface area (TPSA) is 87.7 Å². The number of hydrogen-bond donors (Lipinski definition) is 1. The number of methoxy groups -OCH3 is 1. The largest absolute Gasteiger partial charge is 0.497 e. The van der Waals surface area contributed by atoms with E-state index in [1.54, 1.807) is 18.1 Å². The van der Waals surface area contributed by atoms with Gasteiger partial charge in [0, 0.05) is 30.4 Å². The molecule has 8 heteroatoms. The molecule has 0 spiro atoms. The molecule has 1 N–H and O–H groups in total. The second-order valence-electron chi connectivity index (χ2n) is 11.4. The zero-order valence-electron chi connectivity index (χ0n) is 24.4. The summed E-state index contributed by atoms with van der Waals surface area (Å²) in [6.07, 6.45) is 7.50. The fourth-order valence-corrected chi connectivity index (χ4v) is 5.88. The zero-order valence-corrected chi connectivity index (χ0v) is 24.4. The molecule has 1 aliphatic heterocycles. The Morgan fingerprint density at radius 3 is 2.24 bits per heavy atom. The van der Waals surface area contributed by atoms with Gasteiger partial charge in [0.15, 0.2) is 0 Å². The van der Waals surface area contributed by atoms with Gasteiger partial charge in [-0.15, -0.1) is 0 Å². The van der Waals surface area contributed by atoms with Gasteiger partial charge in [0.05, 0.1) is 12.8 Å². The van der Waals surface area contributed by atoms with Gasteiger partial charge < -0.3 is 15.0 Å². The first kappa shape index (κ1) is 28.6. The molecule has 41 heavy (non-hydrogen) atoms. The molecule has 2 heterocycles. The van der Waals surface area contributed by atoms with Crippen LogP contribution in [0.25, 0.3) is 11.3 Å². The highest BCUT2D eigenvalue weighted by Crippen LogP contribution is 2.29. The van der Waals surface area contributed by atoms with Gasteiger partial charge in [-0.3, -0.25) is 14.5 Å². The monoisotopic (exact) mass is 555 g/mol. The normalized spacial score (nSPS) is 16.4. The van der Waals surface area contributed by atoms with Crippen LogP contribution in [0.3, 0.4) is 0 Å². The van der Waals surface area contributed by atoms with Crippen molar-refractivity contribution in [3.63, 3.8) is 0 Å². The molecule has 3 aromatic rings. The number of carbonyl (C=O) groups is 2. The van der Waals surface area contributed by atoms with E-state index in [0.717, 1.165) is 57.2 Å². The molecule has 216 valence electrons. The summed E-state index contributed by atoms with van der Waals surface area (Å²) < 4.78 is 5.38. The molecule has 1 aromatic heterocycles. The van der Waals surface area contributed by atoms with E-state index < -0.39 is 6.04 Å². The standard InChI is InChI=1S/C33H41N5O3/c1-23(2)30(31(39)34-25-14-8-5-9-15-25)38(26-16-18-27(41-3)19-17-26)32(40)29-22-28(24-12-6-4-7-13-24)35-33(36-29)37-20-10-11-21-37/h4,6-7,12-13,16-19,22-23,25,30H,5,8-11,14-15,20-21H2,1-3H3,(H,34,39)/t30-/m1/s1. The Labute approximate surface area is 243 Å². The molecular weight excluding hydrogens is 514 g/mol. The highest BCUT2D eigenvalue weighted by Gasteiger charge is 2.36. The molecule has 8 nitrogen and oxygen atoms in total. The molecule has 1 saturated heterocycles. The molecule has 0 bridgehead atoms. The summed E-state index contributed by atoms with van der Waals surface area (Å²) in [5, 5.41) is 3.27. The van der Waals surface area contributed by atoms with Crippen LogP contribution in [0.4, 0.5) is 11.6 Å². The van der Waals surface area contributed by atoms with E-state index in [1.807, 2.05) is 68.4 Å². The first-order valence-corrected chi connectivity index (χ1v) is 14.9. The summed E-state index contributed by atoms with van der Waals surface area (Å²) in [7, 11) is 1.61. The Morgan fingerprint density at radius 2 is 1.61 bits per heavy atom. The van der Waals surface area contributed by atoms with Crippen LogP contribution in [0.15, 0.2) is 60.7 Å². The van der Waals surface area contributed by atoms with Crippen LogP contribution in [0.1, 0.15) is 69.3 Å². The Kier molecular flexibility index (Phi) is 9.17. The van der Waals surface area contributed by atoms with Gasteiger partial charge in [-0.05, 0) is 61.9 Å². The van der Waals surface area contributed by atoms with Gasteiger partial charge >= 0.3 is 0 Å². The van der Waals surface area contributed by atoms with Crippen LogP contribution < -0.4 is 19.9 Å². The minimum absolute atomic E-state index is 0.131. The van der Waals surface area contributed by atoms with Crippen molar-refractivity contribution in [2.24, 2.45) is 5.92 Å². The Bertz CT molecular complexity index is 1320. The summed E-state index contributed by atoms with van der Waals surface area (Å²) >= 11 is 0. The highest BCUT2D eigenvalue weighted by molar-refractivity contribution is 6.09. The second kappa shape index (κ2) is 13.1. The van der Waals surface area contributed by atoms with Crippen LogP contribution in [0.2, 0.25) is 0 Å². The van der Waals surface area contributed by atoms with E-state index in [9.17, 15) is 9.59 Å². The van der Waals surface area contributed by atoms with Crippen molar-refractivity contribution >= 4 is 23.5 Å². The lowest BCUT2D eigenvalue weighted by Gasteiger charge is -2.35. The van der Waals surface area contributed by atoms with Crippen molar-refractivity contribution in [3.8, 4) is 17.0 Å². The van der Waals surface area contributed by atoms with Crippen molar-refractivity contribution < 1.29 is 14.3 Å². The van der Waals surface area contributed by atoms with Crippen LogP contribution >= 0.6 is 0 Å². The number of anilines is 2. The zero-order chi connectivity index (χ0) is 28.8. The van der Waals surface area contributed by atoms with Gasteiger partial charge in [0.2, 0.25) is 11.9 Å². The first-order valence-electron chi connectivity index (χ1n) is 14.9. The molecule has 2 amide bonds. The van der Waals surface area contributed by atoms with Crippen molar-refractivity contribution in [1.29, 1.82) is 0 Å². The third-order valence-corrected chi connectivity index (χ3v) is 8.09. The van der Waals surface area contributed by atoms with E-state index in [1.165, 1.54) is 6.42 Å². The van der Waals surface area contributed by atoms with E-state index in [2.05, 4.69) is 10.2 Å². The maximum absolute atomic E-state index is 14.6. The van der Waals surface area contributed by atoms with Crippen LogP contribution in [-0.4, -0.2) is 54.1 Å². The van der Waals surface area contributed by atoms with E-state index >= 15 is 0 Å². The number of ether oxygens (including phenoxy) is 1. The highest BCUT2D eigenvalue weighted by atomic mass is 16.5. The molecular formula is C33H41N5O3. The van der Waals surface area contributed by atoms with Gasteiger partial charge in [-0.2, -0.15) is 0 Å². The van der Waals surface area contributed by atoms with E-state index in [4.69, 9.17) is 14.7 Å². The van der Waals surface area contributed by atoms with Crippen LogP contribution in [0, 0.1) is 5.92 Å². The number of amides is 2. The van der Waals surface area contributed by atoms with Gasteiger partial charge in [0.1, 0.15) is 17.5 Å². The summed E-state index contributed by atoms with van der Waals surface area (Å²) in [4.78, 5) is 41.9. The maximum Gasteiger partial charge on any atom is 0.277 e. The van der Waals surface area contributed by atoms with Crippen molar-refractivity contribution in [3.05, 3.63) is 66.4 Å². The predicted octanol–water partition coefficient (Wildman–Crippen LogP) is 5.87. The van der Waals surface area contributed by atoms with Gasteiger partial charge in [-0.1, -0.05) is 63.4 Å². The predicted molar refractivity (Wildman–Crippen MR) is 162 cm³/mol. The second-order valence-corrected chi connectivity index (χ2v) is 11.4. The third kappa shape index (κ3) is 6.69. The number of rotatable bonds is 9. The molecule has 2 fully saturated rings. The minimum atomic E-state index is -0.719. The van der Waals surface area contributed by atoms with Crippen molar-refractivity contribution in [2.45, 2.75) is 70.9 Å². The fourth-order valence-electron chi connectivity index (χ4n) is 5.88. The lowest BCUT2D eigenvalue weighted by atomic mass is 9.94. The molecule has 1 aliphatic carbocycles. The number of nitrogens with zero attached hydrogens (tertiary/aromatic N) is 4. The van der Waals surface area contributed by atoms with Crippen molar-refractivity contribution in [2.75, 3.05) is 30.0 Å². The van der Waals surface area contributed by atoms with Gasteiger partial charge in [0.25, 0.3) is 5.91 Å². The lowest BCUT2D eigenvalue weighted by molar-refractivity contribution is -0.124. The summed E-state index contributed by atoms with van der Waals surface area (Å²) in [5.74, 6) is 0.632. The Hall–Kier alpha value is -3.94. The van der Waals surface area contributed by atoms with Crippen molar-refractivity contribution in [1.82, 2.24) is 15.3 Å². The van der Waals surface area contributed by atoms with E-state index in [-0.39, 0.29) is 29.5 Å². The average Bonchev–Trinajstić information content (AvgIpc) is 3.55. The maximum atomic E-state index is 14.6. The average molecular weight is 556 g/mol. The van der Waals surface area contributed by atoms with Crippen LogP contribution in [0.5, 0.6) is 5.75 Å². The van der Waals surface area contributed by atoms with E-state index in [0.29, 0.717) is 23.1 Å². The minimum Gasteiger partial charge on any atom is -0.497 e. The third-order valence-electron chi connectivity index (χ3n) is 8.09. The van der Waals surface area contributed by atoms with Crippen LogP contribution in [-0.2, 0) is 4.79 Å². The number of nitrogens with one attached hydrogen (secondary N) is 1. The van der Waals surface area contributed by atoms with Gasteiger partial charge in [-0.25, -0.2) is 9.97 Å². The summed E-state index contributed by atoms with van der Waals surface area (Å²) in [6, 6.07) is 18.3. The Balaban J connectivity index is 1.58. The number of carbonyl (C=O) groups excluding carboxylic acids is 2. The molecule has 2 aromatic carbocycles. The quantitative estimate of drug-likeness (QED) is 0.355. The lowest BCUT2D eigenvalue weighted by Crippen LogP contribution is -2.55. The fraction of sp³-hybridized carbons (Fsp3) is 0.455. The number of benzene rings is 2. The summed E-state index contributed by atoms with van der Waals surface area (Å²) in [6.45, 7) is 5.68. The summed E-state index contributed by atoms with van der Waals surface area (Å²) in [5.41, 5.74) is 2.49.